The van der Waals surface area contributed by atoms with E-state index in [4.69, 9.17) is 21.1 Å². The van der Waals surface area contributed by atoms with Gasteiger partial charge in [-0.1, -0.05) is 35.9 Å². The van der Waals surface area contributed by atoms with E-state index >= 15 is 0 Å². The van der Waals surface area contributed by atoms with Gasteiger partial charge in [-0.25, -0.2) is 8.78 Å². The Morgan fingerprint density at radius 3 is 2.29 bits per heavy atom. The third kappa shape index (κ3) is 4.10. The fourth-order valence-electron chi connectivity index (χ4n) is 4.11. The van der Waals surface area contributed by atoms with E-state index in [0.717, 1.165) is 17.0 Å². The van der Waals surface area contributed by atoms with Crippen LogP contribution < -0.4 is 14.4 Å². The van der Waals surface area contributed by atoms with Crippen molar-refractivity contribution >= 4 is 34.7 Å². The maximum Gasteiger partial charge on any atom is 0.300 e. The smallest absolute Gasteiger partial charge is 0.300 e. The molecule has 0 radical (unpaired) electrons. The zero-order chi connectivity index (χ0) is 25.4. The zero-order valence-electron chi connectivity index (χ0n) is 18.9. The number of carbonyl (C=O) groups excluding carboxylic acids is 2. The van der Waals surface area contributed by atoms with Gasteiger partial charge in [-0.3, -0.25) is 14.5 Å². The van der Waals surface area contributed by atoms with Crippen LogP contribution >= 0.6 is 11.6 Å². The minimum atomic E-state index is -1.18. The summed E-state index contributed by atoms with van der Waals surface area (Å²) in [5.74, 6) is -4.49. The fourth-order valence-corrected chi connectivity index (χ4v) is 4.34. The third-order valence-electron chi connectivity index (χ3n) is 5.84. The minimum absolute atomic E-state index is 0.0426. The average molecular weight is 500 g/mol. The summed E-state index contributed by atoms with van der Waals surface area (Å²) in [6, 6.07) is 11.5. The number of nitrogens with zero attached hydrogens (tertiary/aromatic N) is 1. The van der Waals surface area contributed by atoms with Crippen molar-refractivity contribution in [2.45, 2.75) is 13.0 Å². The van der Waals surface area contributed by atoms with Crippen molar-refractivity contribution in [3.05, 3.63) is 93.5 Å². The molecule has 1 fully saturated rings. The highest BCUT2D eigenvalue weighted by atomic mass is 35.5. The first kappa shape index (κ1) is 24.2. The molecule has 0 spiro atoms. The van der Waals surface area contributed by atoms with Gasteiger partial charge in [-0.05, 0) is 36.2 Å². The average Bonchev–Trinajstić information content (AvgIpc) is 3.10. The maximum atomic E-state index is 14.1. The molecule has 1 atom stereocenters. The van der Waals surface area contributed by atoms with Gasteiger partial charge in [0, 0.05) is 17.8 Å². The number of ketones is 1. The van der Waals surface area contributed by atoms with E-state index in [2.05, 4.69) is 0 Å². The Hall–Kier alpha value is -3.91. The molecule has 1 N–H and O–H groups in total. The van der Waals surface area contributed by atoms with Crippen molar-refractivity contribution in [2.24, 2.45) is 0 Å². The topological polar surface area (TPSA) is 76.1 Å². The van der Waals surface area contributed by atoms with Crippen LogP contribution in [0.3, 0.4) is 0 Å². The lowest BCUT2D eigenvalue weighted by molar-refractivity contribution is -0.132. The molecule has 1 saturated heterocycles. The fraction of sp³-hybridized carbons (Fsp3) is 0.154. The lowest BCUT2D eigenvalue weighted by Crippen LogP contribution is -2.30. The summed E-state index contributed by atoms with van der Waals surface area (Å²) in [7, 11) is 2.74. The molecule has 35 heavy (non-hydrogen) atoms. The molecule has 1 amide bonds. The first-order valence-corrected chi connectivity index (χ1v) is 10.8. The third-order valence-corrected chi connectivity index (χ3v) is 6.13. The van der Waals surface area contributed by atoms with Crippen LogP contribution in [-0.4, -0.2) is 31.0 Å². The zero-order valence-corrected chi connectivity index (χ0v) is 19.7. The quantitative estimate of drug-likeness (QED) is 0.282. The lowest BCUT2D eigenvalue weighted by Gasteiger charge is -2.27. The monoisotopic (exact) mass is 499 g/mol. The lowest BCUT2D eigenvalue weighted by atomic mass is 9.92. The highest BCUT2D eigenvalue weighted by Gasteiger charge is 2.47. The Bertz CT molecular complexity index is 1390. The van der Waals surface area contributed by atoms with Crippen molar-refractivity contribution in [3.63, 3.8) is 0 Å². The molecular weight excluding hydrogens is 480 g/mol. The molecule has 1 heterocycles. The molecule has 0 saturated carbocycles. The van der Waals surface area contributed by atoms with Gasteiger partial charge in [0.2, 0.25) is 0 Å². The molecule has 3 aromatic carbocycles. The van der Waals surface area contributed by atoms with Crippen LogP contribution in [0, 0.1) is 18.6 Å². The van der Waals surface area contributed by atoms with Crippen LogP contribution in [0.2, 0.25) is 5.02 Å². The number of anilines is 1. The summed E-state index contributed by atoms with van der Waals surface area (Å²) in [5.41, 5.74) is 0.989. The number of Topliss-reactive ketones (excluding diaryl/α,β-unsaturated/α-hetero) is 1. The number of halogens is 3. The molecule has 0 aliphatic carbocycles. The van der Waals surface area contributed by atoms with E-state index in [1.54, 1.807) is 31.2 Å². The molecule has 1 aliphatic rings. The highest BCUT2D eigenvalue weighted by molar-refractivity contribution is 6.51. The Morgan fingerprint density at radius 2 is 1.66 bits per heavy atom. The maximum absolute atomic E-state index is 14.1. The Balaban J connectivity index is 2.03. The molecule has 0 aromatic heterocycles. The number of aryl methyl sites for hydroxylation is 1. The highest BCUT2D eigenvalue weighted by Crippen LogP contribution is 2.45. The number of hydrogen-bond donors (Lipinski definition) is 1. The second kappa shape index (κ2) is 9.38. The predicted molar refractivity (Wildman–Crippen MR) is 127 cm³/mol. The summed E-state index contributed by atoms with van der Waals surface area (Å²) in [6.07, 6.45) is 0. The molecule has 3 aromatic rings. The van der Waals surface area contributed by atoms with E-state index < -0.39 is 35.1 Å². The van der Waals surface area contributed by atoms with Gasteiger partial charge in [0.1, 0.15) is 17.3 Å². The molecular formula is C26H20ClF2NO5. The van der Waals surface area contributed by atoms with E-state index in [9.17, 15) is 23.5 Å². The van der Waals surface area contributed by atoms with Crippen molar-refractivity contribution in [1.29, 1.82) is 0 Å². The van der Waals surface area contributed by atoms with E-state index in [1.807, 2.05) is 0 Å². The molecule has 180 valence electrons. The van der Waals surface area contributed by atoms with Crippen LogP contribution in [0.15, 0.2) is 60.2 Å². The predicted octanol–water partition coefficient (Wildman–Crippen LogP) is 5.57. The van der Waals surface area contributed by atoms with Gasteiger partial charge < -0.3 is 14.6 Å². The van der Waals surface area contributed by atoms with Gasteiger partial charge in [-0.2, -0.15) is 0 Å². The number of methoxy groups -OCH3 is 2. The summed E-state index contributed by atoms with van der Waals surface area (Å²) >= 11 is 6.17. The van der Waals surface area contributed by atoms with E-state index in [-0.39, 0.29) is 33.3 Å². The second-order valence-electron chi connectivity index (χ2n) is 7.81. The van der Waals surface area contributed by atoms with Crippen LogP contribution in [0.5, 0.6) is 11.5 Å². The van der Waals surface area contributed by atoms with Crippen LogP contribution in [0.4, 0.5) is 14.5 Å². The number of rotatable bonds is 5. The Kier molecular flexibility index (Phi) is 6.49. The molecule has 4 rings (SSSR count). The number of hydrogen-bond acceptors (Lipinski definition) is 5. The Labute approximate surface area is 205 Å². The Morgan fingerprint density at radius 1 is 0.971 bits per heavy atom. The van der Waals surface area contributed by atoms with Crippen molar-refractivity contribution in [3.8, 4) is 11.5 Å². The van der Waals surface area contributed by atoms with Crippen molar-refractivity contribution in [2.75, 3.05) is 19.1 Å². The molecule has 1 aliphatic heterocycles. The van der Waals surface area contributed by atoms with Gasteiger partial charge in [0.15, 0.2) is 11.6 Å². The summed E-state index contributed by atoms with van der Waals surface area (Å²) < 4.78 is 38.3. The van der Waals surface area contributed by atoms with Crippen LogP contribution in [0.1, 0.15) is 22.7 Å². The van der Waals surface area contributed by atoms with Gasteiger partial charge in [0.05, 0.1) is 36.4 Å². The summed E-state index contributed by atoms with van der Waals surface area (Å²) in [5, 5.41) is 11.6. The number of aliphatic hydroxyl groups excluding tert-OH is 1. The number of aliphatic hydroxyl groups is 1. The minimum Gasteiger partial charge on any atom is -0.507 e. The number of benzene rings is 3. The largest absolute Gasteiger partial charge is 0.507 e. The number of carbonyl (C=O) groups is 2. The van der Waals surface area contributed by atoms with Crippen LogP contribution in [-0.2, 0) is 9.59 Å². The molecule has 9 heteroatoms. The van der Waals surface area contributed by atoms with Crippen LogP contribution in [0.25, 0.3) is 5.76 Å². The van der Waals surface area contributed by atoms with Crippen molar-refractivity contribution < 1.29 is 33.0 Å². The van der Waals surface area contributed by atoms with Gasteiger partial charge in [-0.15, -0.1) is 0 Å². The number of amides is 1. The first-order valence-electron chi connectivity index (χ1n) is 10.4. The summed E-state index contributed by atoms with van der Waals surface area (Å²) in [6.45, 7) is 1.77. The first-order chi connectivity index (χ1) is 16.7. The SMILES string of the molecule is COc1cc(/C(O)=C2\C(=O)C(=O)N(c3ccc(F)c(F)c3)C2c2ccccc2C)c(OC)cc1Cl. The molecule has 1 unspecified atom stereocenters. The second-order valence-corrected chi connectivity index (χ2v) is 8.22. The number of ether oxygens (including phenoxy) is 2. The van der Waals surface area contributed by atoms with E-state index in [1.165, 1.54) is 32.4 Å². The molecule has 0 bridgehead atoms. The summed E-state index contributed by atoms with van der Waals surface area (Å²) in [4.78, 5) is 27.5. The normalized spacial score (nSPS) is 17.1. The van der Waals surface area contributed by atoms with Gasteiger partial charge in [0.25, 0.3) is 11.7 Å². The standard InChI is InChI=1S/C26H20ClF2NO5/c1-13-6-4-5-7-15(13)23-22(24(31)16-11-21(35-3)17(27)12-20(16)34-2)25(32)26(33)30(23)14-8-9-18(28)19(29)10-14/h4-12,23,31H,1-3H3/b24-22+. The van der Waals surface area contributed by atoms with E-state index in [0.29, 0.717) is 11.1 Å². The molecule has 6 nitrogen and oxygen atoms in total. The van der Waals surface area contributed by atoms with Crippen molar-refractivity contribution in [1.82, 2.24) is 0 Å². The van der Waals surface area contributed by atoms with Gasteiger partial charge >= 0.3 is 0 Å².